The highest BCUT2D eigenvalue weighted by Gasteiger charge is 2.38. The summed E-state index contributed by atoms with van der Waals surface area (Å²) in [5.41, 5.74) is 7.60. The van der Waals surface area contributed by atoms with E-state index >= 15 is 0 Å². The Balaban J connectivity index is 0.00000264. The van der Waals surface area contributed by atoms with Gasteiger partial charge in [0.15, 0.2) is 0 Å². The van der Waals surface area contributed by atoms with E-state index in [0.717, 1.165) is 12.1 Å². The van der Waals surface area contributed by atoms with Crippen LogP contribution in [0.4, 0.5) is 0 Å². The maximum absolute atomic E-state index is 12.4. The Labute approximate surface area is 146 Å². The molecule has 0 bridgehead atoms. The maximum atomic E-state index is 12.4. The lowest BCUT2D eigenvalue weighted by Gasteiger charge is -2.43. The molecule has 0 spiro atoms. The average Bonchev–Trinajstić information content (AvgIpc) is 2.48. The predicted octanol–water partition coefficient (Wildman–Crippen LogP) is 4.08. The third-order valence-corrected chi connectivity index (χ3v) is 5.03. The minimum absolute atomic E-state index is 0. The summed E-state index contributed by atoms with van der Waals surface area (Å²) < 4.78 is 0. The Morgan fingerprint density at radius 2 is 1.83 bits per heavy atom. The number of nitrogens with one attached hydrogen (secondary N) is 1. The van der Waals surface area contributed by atoms with Gasteiger partial charge in [-0.1, -0.05) is 57.5 Å². The number of carbonyl (C=O) groups is 1. The Bertz CT molecular complexity index is 485. The van der Waals surface area contributed by atoms with Crippen molar-refractivity contribution in [3.8, 4) is 0 Å². The Morgan fingerprint density at radius 3 is 2.30 bits per heavy atom. The van der Waals surface area contributed by atoms with Crippen molar-refractivity contribution in [2.45, 2.75) is 52.5 Å². The highest BCUT2D eigenvalue weighted by Crippen LogP contribution is 2.45. The van der Waals surface area contributed by atoms with Gasteiger partial charge in [0.2, 0.25) is 5.91 Å². The van der Waals surface area contributed by atoms with E-state index in [-0.39, 0.29) is 30.3 Å². The Kier molecular flexibility index (Phi) is 7.56. The molecule has 0 aliphatic heterocycles. The van der Waals surface area contributed by atoms with Gasteiger partial charge in [-0.25, -0.2) is 0 Å². The molecule has 4 heteroatoms. The van der Waals surface area contributed by atoms with E-state index in [1.807, 2.05) is 37.3 Å². The standard InChI is InChI=1S/C19H30N2O.ClH/c1-14(2)12-19(10-7-11-19)13-21-18(22)15(3)17(20)16-8-5-4-6-9-16;/h4-6,8-9,14-15,17H,7,10-13,20H2,1-3H3,(H,21,22);1H. The molecule has 2 rings (SSSR count). The molecular weight excluding hydrogens is 308 g/mol. The van der Waals surface area contributed by atoms with Crippen molar-refractivity contribution >= 4 is 18.3 Å². The van der Waals surface area contributed by atoms with Gasteiger partial charge in [0.1, 0.15) is 0 Å². The molecule has 1 fully saturated rings. The summed E-state index contributed by atoms with van der Waals surface area (Å²) >= 11 is 0. The molecule has 0 radical (unpaired) electrons. The topological polar surface area (TPSA) is 55.1 Å². The van der Waals surface area contributed by atoms with Crippen LogP contribution in [0, 0.1) is 17.3 Å². The highest BCUT2D eigenvalue weighted by molar-refractivity contribution is 5.85. The SMILES string of the molecule is CC(C)CC1(CNC(=O)C(C)C(N)c2ccccc2)CCC1.Cl. The van der Waals surface area contributed by atoms with Crippen LogP contribution in [0.25, 0.3) is 0 Å². The first-order valence-electron chi connectivity index (χ1n) is 8.52. The second kappa shape index (κ2) is 8.70. The number of hydrogen-bond donors (Lipinski definition) is 2. The number of benzene rings is 1. The van der Waals surface area contributed by atoms with E-state index in [0.29, 0.717) is 11.3 Å². The second-order valence-corrected chi connectivity index (χ2v) is 7.39. The number of amides is 1. The predicted molar refractivity (Wildman–Crippen MR) is 98.5 cm³/mol. The lowest BCUT2D eigenvalue weighted by Crippen LogP contribution is -2.45. The van der Waals surface area contributed by atoms with Crippen molar-refractivity contribution < 1.29 is 4.79 Å². The zero-order valence-electron chi connectivity index (χ0n) is 14.5. The lowest BCUT2D eigenvalue weighted by molar-refractivity contribution is -0.126. The molecule has 1 aliphatic carbocycles. The van der Waals surface area contributed by atoms with Crippen LogP contribution in [0.3, 0.4) is 0 Å². The molecule has 1 aromatic carbocycles. The van der Waals surface area contributed by atoms with Gasteiger partial charge >= 0.3 is 0 Å². The number of rotatable bonds is 7. The van der Waals surface area contributed by atoms with Gasteiger partial charge in [-0.05, 0) is 36.2 Å². The van der Waals surface area contributed by atoms with Crippen molar-refractivity contribution in [2.75, 3.05) is 6.54 Å². The molecule has 0 aromatic heterocycles. The Morgan fingerprint density at radius 1 is 1.22 bits per heavy atom. The molecule has 23 heavy (non-hydrogen) atoms. The Hall–Kier alpha value is -1.06. The summed E-state index contributed by atoms with van der Waals surface area (Å²) in [5, 5.41) is 3.16. The van der Waals surface area contributed by atoms with E-state index in [2.05, 4.69) is 19.2 Å². The normalized spacial score (nSPS) is 18.5. The molecule has 2 atom stereocenters. The lowest BCUT2D eigenvalue weighted by atomic mass is 9.64. The van der Waals surface area contributed by atoms with Gasteiger partial charge in [-0.15, -0.1) is 12.4 Å². The van der Waals surface area contributed by atoms with Gasteiger partial charge in [0.25, 0.3) is 0 Å². The zero-order chi connectivity index (χ0) is 16.2. The summed E-state index contributed by atoms with van der Waals surface area (Å²) in [6.45, 7) is 7.24. The summed E-state index contributed by atoms with van der Waals surface area (Å²) in [5.74, 6) is 0.547. The first-order valence-corrected chi connectivity index (χ1v) is 8.52. The molecule has 1 aromatic rings. The van der Waals surface area contributed by atoms with E-state index in [1.54, 1.807) is 0 Å². The van der Waals surface area contributed by atoms with Crippen LogP contribution in [0.5, 0.6) is 0 Å². The van der Waals surface area contributed by atoms with Crippen molar-refractivity contribution in [3.05, 3.63) is 35.9 Å². The van der Waals surface area contributed by atoms with E-state index in [1.165, 1.54) is 25.7 Å². The van der Waals surface area contributed by atoms with Gasteiger partial charge in [0.05, 0.1) is 5.92 Å². The van der Waals surface area contributed by atoms with E-state index in [4.69, 9.17) is 5.73 Å². The van der Waals surface area contributed by atoms with Crippen molar-refractivity contribution in [2.24, 2.45) is 23.0 Å². The monoisotopic (exact) mass is 338 g/mol. The third-order valence-electron chi connectivity index (χ3n) is 5.03. The van der Waals surface area contributed by atoms with Crippen LogP contribution in [0.2, 0.25) is 0 Å². The van der Waals surface area contributed by atoms with Crippen molar-refractivity contribution in [1.29, 1.82) is 0 Å². The molecular formula is C19H31ClN2O. The molecule has 130 valence electrons. The summed E-state index contributed by atoms with van der Waals surface area (Å²) in [6.07, 6.45) is 4.98. The number of halogens is 1. The minimum atomic E-state index is -0.247. The van der Waals surface area contributed by atoms with Crippen molar-refractivity contribution in [3.63, 3.8) is 0 Å². The third kappa shape index (κ3) is 5.22. The van der Waals surface area contributed by atoms with Crippen LogP contribution >= 0.6 is 12.4 Å². The van der Waals surface area contributed by atoms with E-state index in [9.17, 15) is 4.79 Å². The molecule has 1 saturated carbocycles. The summed E-state index contributed by atoms with van der Waals surface area (Å²) in [6, 6.07) is 9.62. The fraction of sp³-hybridized carbons (Fsp3) is 0.632. The molecule has 2 unspecified atom stereocenters. The van der Waals surface area contributed by atoms with Crippen molar-refractivity contribution in [1.82, 2.24) is 5.32 Å². The quantitative estimate of drug-likeness (QED) is 0.787. The van der Waals surface area contributed by atoms with Crippen LogP contribution in [0.15, 0.2) is 30.3 Å². The van der Waals surface area contributed by atoms with Gasteiger partial charge in [0, 0.05) is 12.6 Å². The molecule has 0 saturated heterocycles. The van der Waals surface area contributed by atoms with Crippen LogP contribution < -0.4 is 11.1 Å². The van der Waals surface area contributed by atoms with Gasteiger partial charge in [-0.3, -0.25) is 4.79 Å². The summed E-state index contributed by atoms with van der Waals surface area (Å²) in [4.78, 5) is 12.4. The van der Waals surface area contributed by atoms with Gasteiger partial charge in [-0.2, -0.15) is 0 Å². The van der Waals surface area contributed by atoms with E-state index < -0.39 is 0 Å². The first kappa shape index (κ1) is 20.0. The fourth-order valence-corrected chi connectivity index (χ4v) is 3.56. The summed E-state index contributed by atoms with van der Waals surface area (Å²) in [7, 11) is 0. The molecule has 1 amide bonds. The number of hydrogen-bond acceptors (Lipinski definition) is 2. The second-order valence-electron chi connectivity index (χ2n) is 7.39. The van der Waals surface area contributed by atoms with Gasteiger partial charge < -0.3 is 11.1 Å². The zero-order valence-corrected chi connectivity index (χ0v) is 15.4. The average molecular weight is 339 g/mol. The highest BCUT2D eigenvalue weighted by atomic mass is 35.5. The molecule has 0 heterocycles. The maximum Gasteiger partial charge on any atom is 0.224 e. The number of nitrogens with two attached hydrogens (primary N) is 1. The largest absolute Gasteiger partial charge is 0.355 e. The van der Waals surface area contributed by atoms with Crippen LogP contribution in [0.1, 0.15) is 58.1 Å². The molecule has 3 N–H and O–H groups in total. The first-order chi connectivity index (χ1) is 10.4. The number of carbonyl (C=O) groups excluding carboxylic acids is 1. The van der Waals surface area contributed by atoms with Crippen LogP contribution in [-0.2, 0) is 4.79 Å². The molecule has 1 aliphatic rings. The molecule has 3 nitrogen and oxygen atoms in total. The fourth-order valence-electron chi connectivity index (χ4n) is 3.56. The smallest absolute Gasteiger partial charge is 0.224 e. The minimum Gasteiger partial charge on any atom is -0.355 e. The van der Waals surface area contributed by atoms with Crippen LogP contribution in [-0.4, -0.2) is 12.5 Å².